The summed E-state index contributed by atoms with van der Waals surface area (Å²) in [5.74, 6) is 0.495. The number of hydrogen-bond acceptors (Lipinski definition) is 4. The van der Waals surface area contributed by atoms with Crippen molar-refractivity contribution in [1.29, 1.82) is 0 Å². The Balaban J connectivity index is 1.46. The third-order valence-corrected chi connectivity index (χ3v) is 6.34. The molecule has 140 valence electrons. The van der Waals surface area contributed by atoms with Crippen LogP contribution in [0.2, 0.25) is 0 Å². The second-order valence-electron chi connectivity index (χ2n) is 7.30. The van der Waals surface area contributed by atoms with Crippen LogP contribution in [0.5, 0.6) is 0 Å². The van der Waals surface area contributed by atoms with Crippen LogP contribution >= 0.6 is 11.3 Å². The molecule has 1 amide bonds. The topological polar surface area (TPSA) is 64.0 Å². The number of amides is 1. The number of thiophene rings is 1. The molecule has 1 aromatic carbocycles. The molecule has 4 rings (SSSR count). The molecule has 0 spiro atoms. The van der Waals surface area contributed by atoms with Crippen LogP contribution in [0, 0.1) is 5.92 Å². The highest BCUT2D eigenvalue weighted by molar-refractivity contribution is 7.18. The molecular weight excluding hydrogens is 358 g/mol. The second kappa shape index (κ2) is 7.64. The molecule has 1 atom stereocenters. The quantitative estimate of drug-likeness (QED) is 0.739. The van der Waals surface area contributed by atoms with E-state index in [9.17, 15) is 9.59 Å². The first-order valence-corrected chi connectivity index (χ1v) is 10.2. The van der Waals surface area contributed by atoms with Crippen molar-refractivity contribution in [1.82, 2.24) is 14.9 Å². The van der Waals surface area contributed by atoms with Gasteiger partial charge in [0.15, 0.2) is 0 Å². The van der Waals surface area contributed by atoms with Crippen LogP contribution in [0.4, 0.5) is 0 Å². The molecular formula is C21H23N3O2S. The summed E-state index contributed by atoms with van der Waals surface area (Å²) >= 11 is 1.63. The van der Waals surface area contributed by atoms with E-state index < -0.39 is 0 Å². The molecule has 2 aromatic heterocycles. The van der Waals surface area contributed by atoms with Crippen LogP contribution in [0.15, 0.2) is 41.5 Å². The first kappa shape index (κ1) is 17.9. The molecule has 3 aromatic rings. The Kier molecular flexibility index (Phi) is 5.07. The van der Waals surface area contributed by atoms with Crippen molar-refractivity contribution in [2.24, 2.45) is 5.92 Å². The summed E-state index contributed by atoms with van der Waals surface area (Å²) in [6.07, 6.45) is 5.34. The monoisotopic (exact) mass is 381 g/mol. The molecule has 1 aliphatic carbocycles. The van der Waals surface area contributed by atoms with E-state index in [2.05, 4.69) is 17.2 Å². The summed E-state index contributed by atoms with van der Waals surface area (Å²) in [6.45, 7) is 2.81. The van der Waals surface area contributed by atoms with E-state index in [4.69, 9.17) is 0 Å². The van der Waals surface area contributed by atoms with Crippen molar-refractivity contribution in [3.63, 3.8) is 0 Å². The lowest BCUT2D eigenvalue weighted by Crippen LogP contribution is -2.33. The van der Waals surface area contributed by atoms with E-state index in [0.717, 1.165) is 41.5 Å². The number of rotatable bonds is 5. The summed E-state index contributed by atoms with van der Waals surface area (Å²) < 4.78 is 1.44. The largest absolute Gasteiger partial charge is 0.354 e. The Morgan fingerprint density at radius 3 is 2.96 bits per heavy atom. The molecule has 0 aliphatic heterocycles. The van der Waals surface area contributed by atoms with Crippen molar-refractivity contribution in [3.8, 4) is 0 Å². The number of fused-ring (bicyclic) bond motifs is 3. The lowest BCUT2D eigenvalue weighted by Gasteiger charge is -2.17. The Morgan fingerprint density at radius 1 is 1.33 bits per heavy atom. The van der Waals surface area contributed by atoms with Crippen molar-refractivity contribution >= 4 is 27.5 Å². The van der Waals surface area contributed by atoms with Gasteiger partial charge in [-0.15, -0.1) is 11.3 Å². The number of hydrogen-bond donors (Lipinski definition) is 1. The molecule has 0 bridgehead atoms. The van der Waals surface area contributed by atoms with Crippen molar-refractivity contribution in [3.05, 3.63) is 63.0 Å². The molecule has 0 fully saturated rings. The Labute approximate surface area is 162 Å². The maximum absolute atomic E-state index is 12.9. The zero-order valence-corrected chi connectivity index (χ0v) is 16.2. The Bertz CT molecular complexity index is 1020. The zero-order chi connectivity index (χ0) is 18.8. The van der Waals surface area contributed by atoms with E-state index in [1.807, 2.05) is 30.3 Å². The van der Waals surface area contributed by atoms with Gasteiger partial charge in [-0.2, -0.15) is 0 Å². The summed E-state index contributed by atoms with van der Waals surface area (Å²) in [5.41, 5.74) is 2.24. The Hall–Kier alpha value is -2.47. The second-order valence-corrected chi connectivity index (χ2v) is 8.38. The number of carbonyl (C=O) groups is 1. The number of aryl methyl sites for hydroxylation is 1. The molecule has 0 unspecified atom stereocenters. The van der Waals surface area contributed by atoms with Gasteiger partial charge in [-0.25, -0.2) is 4.98 Å². The maximum Gasteiger partial charge on any atom is 0.262 e. The highest BCUT2D eigenvalue weighted by Gasteiger charge is 2.23. The van der Waals surface area contributed by atoms with Crippen molar-refractivity contribution < 1.29 is 4.79 Å². The third kappa shape index (κ3) is 3.81. The number of benzene rings is 1. The van der Waals surface area contributed by atoms with Crippen molar-refractivity contribution in [2.45, 2.75) is 39.2 Å². The minimum Gasteiger partial charge on any atom is -0.354 e. The third-order valence-electron chi connectivity index (χ3n) is 5.17. The van der Waals surface area contributed by atoms with Crippen LogP contribution in [0.3, 0.4) is 0 Å². The first-order valence-electron chi connectivity index (χ1n) is 9.42. The van der Waals surface area contributed by atoms with Gasteiger partial charge in [0, 0.05) is 11.4 Å². The van der Waals surface area contributed by atoms with Gasteiger partial charge >= 0.3 is 0 Å². The van der Waals surface area contributed by atoms with Gasteiger partial charge in [0.25, 0.3) is 5.56 Å². The zero-order valence-electron chi connectivity index (χ0n) is 15.4. The average molecular weight is 382 g/mol. The highest BCUT2D eigenvalue weighted by atomic mass is 32.1. The summed E-state index contributed by atoms with van der Waals surface area (Å²) in [4.78, 5) is 31.7. The van der Waals surface area contributed by atoms with Crippen LogP contribution in [-0.4, -0.2) is 22.0 Å². The smallest absolute Gasteiger partial charge is 0.262 e. The van der Waals surface area contributed by atoms with E-state index in [0.29, 0.717) is 12.5 Å². The van der Waals surface area contributed by atoms with Gasteiger partial charge in [0.1, 0.15) is 11.4 Å². The molecule has 0 saturated carbocycles. The summed E-state index contributed by atoms with van der Waals surface area (Å²) in [6, 6.07) is 10.0. The predicted molar refractivity (Wildman–Crippen MR) is 108 cm³/mol. The van der Waals surface area contributed by atoms with E-state index in [1.54, 1.807) is 11.3 Å². The van der Waals surface area contributed by atoms with E-state index in [1.165, 1.54) is 21.3 Å². The van der Waals surface area contributed by atoms with Crippen LogP contribution in [-0.2, 0) is 30.6 Å². The normalized spacial score (nSPS) is 16.3. The fourth-order valence-electron chi connectivity index (χ4n) is 3.68. The molecule has 0 radical (unpaired) electrons. The maximum atomic E-state index is 12.9. The molecule has 1 aliphatic rings. The molecule has 5 nitrogen and oxygen atoms in total. The average Bonchev–Trinajstić information content (AvgIpc) is 3.03. The fourth-order valence-corrected chi connectivity index (χ4v) is 5.02. The molecule has 2 heterocycles. The molecule has 6 heteroatoms. The van der Waals surface area contributed by atoms with Gasteiger partial charge < -0.3 is 5.32 Å². The fraction of sp³-hybridized carbons (Fsp3) is 0.381. The number of nitrogens with one attached hydrogen (secondary N) is 1. The lowest BCUT2D eigenvalue weighted by molar-refractivity contribution is -0.121. The standard InChI is InChI=1S/C21H23N3O2S/c1-14-7-8-16-17(11-14)27-20-19(16)21(26)24(13-23-20)12-18(25)22-10-9-15-5-3-2-4-6-15/h2-6,13-14H,7-12H2,1H3,(H,22,25)/t14-/m1/s1. The molecule has 27 heavy (non-hydrogen) atoms. The van der Waals surface area contributed by atoms with Crippen LogP contribution in [0.1, 0.15) is 29.3 Å². The van der Waals surface area contributed by atoms with Gasteiger partial charge in [0.05, 0.1) is 11.7 Å². The van der Waals surface area contributed by atoms with E-state index in [-0.39, 0.29) is 18.0 Å². The van der Waals surface area contributed by atoms with Gasteiger partial charge in [-0.05, 0) is 42.7 Å². The van der Waals surface area contributed by atoms with Crippen molar-refractivity contribution in [2.75, 3.05) is 6.54 Å². The highest BCUT2D eigenvalue weighted by Crippen LogP contribution is 2.35. The Morgan fingerprint density at radius 2 is 2.15 bits per heavy atom. The SMILES string of the molecule is C[C@@H]1CCc2c(sc3ncn(CC(=O)NCCc4ccccc4)c(=O)c23)C1. The van der Waals surface area contributed by atoms with E-state index >= 15 is 0 Å². The summed E-state index contributed by atoms with van der Waals surface area (Å²) in [5, 5.41) is 3.62. The first-order chi connectivity index (χ1) is 13.1. The lowest BCUT2D eigenvalue weighted by atomic mass is 9.89. The minimum absolute atomic E-state index is 0.0115. The molecule has 0 saturated heterocycles. The number of aromatic nitrogens is 2. The predicted octanol–water partition coefficient (Wildman–Crippen LogP) is 2.94. The van der Waals surface area contributed by atoms with Gasteiger partial charge in [-0.1, -0.05) is 37.3 Å². The number of carbonyl (C=O) groups excluding carboxylic acids is 1. The van der Waals surface area contributed by atoms with Crippen LogP contribution < -0.4 is 10.9 Å². The minimum atomic E-state index is -0.160. The summed E-state index contributed by atoms with van der Waals surface area (Å²) in [7, 11) is 0. The van der Waals surface area contributed by atoms with Crippen LogP contribution in [0.25, 0.3) is 10.2 Å². The van der Waals surface area contributed by atoms with Gasteiger partial charge in [0.2, 0.25) is 5.91 Å². The number of nitrogens with zero attached hydrogens (tertiary/aromatic N) is 2. The molecule has 1 N–H and O–H groups in total. The van der Waals surface area contributed by atoms with Gasteiger partial charge in [-0.3, -0.25) is 14.2 Å².